The number of benzene rings is 1. The van der Waals surface area contributed by atoms with Crippen LogP contribution in [0.3, 0.4) is 0 Å². The lowest BCUT2D eigenvalue weighted by Crippen LogP contribution is -2.45. The van der Waals surface area contributed by atoms with Gasteiger partial charge in [0.1, 0.15) is 29.8 Å². The van der Waals surface area contributed by atoms with Crippen molar-refractivity contribution in [2.45, 2.75) is 64.8 Å². The topological polar surface area (TPSA) is 69.0 Å². The highest BCUT2D eigenvalue weighted by atomic mass is 16.6. The van der Waals surface area contributed by atoms with Gasteiger partial charge in [0, 0.05) is 0 Å². The van der Waals surface area contributed by atoms with Gasteiger partial charge in [-0.3, -0.25) is 4.90 Å². The SMILES string of the molecule is Cc1ccc(C2CCC(C(=O)OCc3ccccc3)N2C(=O)OC(C)(C)C)o1. The summed E-state index contributed by atoms with van der Waals surface area (Å²) >= 11 is 0. The maximum atomic E-state index is 12.9. The summed E-state index contributed by atoms with van der Waals surface area (Å²) in [5.74, 6) is 0.983. The average molecular weight is 385 g/mol. The van der Waals surface area contributed by atoms with Crippen molar-refractivity contribution in [1.29, 1.82) is 0 Å². The Morgan fingerprint density at radius 3 is 2.43 bits per heavy atom. The lowest BCUT2D eigenvalue weighted by molar-refractivity contribution is -0.150. The summed E-state index contributed by atoms with van der Waals surface area (Å²) in [4.78, 5) is 27.1. The fourth-order valence-electron chi connectivity index (χ4n) is 3.35. The van der Waals surface area contributed by atoms with Gasteiger partial charge < -0.3 is 13.9 Å². The summed E-state index contributed by atoms with van der Waals surface area (Å²) in [5.41, 5.74) is 0.234. The molecule has 2 unspecified atom stereocenters. The monoisotopic (exact) mass is 385 g/mol. The molecule has 0 bridgehead atoms. The summed E-state index contributed by atoms with van der Waals surface area (Å²) in [7, 11) is 0. The molecule has 2 heterocycles. The quantitative estimate of drug-likeness (QED) is 0.709. The van der Waals surface area contributed by atoms with Crippen molar-refractivity contribution >= 4 is 12.1 Å². The van der Waals surface area contributed by atoms with Crippen molar-refractivity contribution < 1.29 is 23.5 Å². The molecule has 1 fully saturated rings. The molecular weight excluding hydrogens is 358 g/mol. The smallest absolute Gasteiger partial charge is 0.411 e. The number of amides is 1. The van der Waals surface area contributed by atoms with Gasteiger partial charge in [0.25, 0.3) is 0 Å². The van der Waals surface area contributed by atoms with Gasteiger partial charge in [0.2, 0.25) is 0 Å². The van der Waals surface area contributed by atoms with Crippen LogP contribution in [0, 0.1) is 6.92 Å². The largest absolute Gasteiger partial charge is 0.464 e. The number of furan rings is 1. The molecular formula is C22H27NO5. The van der Waals surface area contributed by atoms with E-state index < -0.39 is 23.7 Å². The zero-order chi connectivity index (χ0) is 20.3. The molecule has 1 saturated heterocycles. The molecule has 6 heteroatoms. The number of esters is 1. The predicted molar refractivity (Wildman–Crippen MR) is 104 cm³/mol. The molecule has 1 aromatic carbocycles. The Kier molecular flexibility index (Phi) is 5.77. The maximum Gasteiger partial charge on any atom is 0.411 e. The van der Waals surface area contributed by atoms with Crippen LogP contribution in [0.4, 0.5) is 4.79 Å². The number of hydrogen-bond donors (Lipinski definition) is 0. The first-order valence-corrected chi connectivity index (χ1v) is 9.53. The van der Waals surface area contributed by atoms with Gasteiger partial charge in [-0.2, -0.15) is 0 Å². The van der Waals surface area contributed by atoms with Crippen LogP contribution in [-0.2, 0) is 20.9 Å². The molecule has 0 radical (unpaired) electrons. The van der Waals surface area contributed by atoms with Crippen molar-refractivity contribution in [1.82, 2.24) is 4.90 Å². The molecule has 1 aromatic heterocycles. The Morgan fingerprint density at radius 2 is 1.82 bits per heavy atom. The van der Waals surface area contributed by atoms with E-state index in [1.807, 2.05) is 49.4 Å². The number of carbonyl (C=O) groups is 2. The van der Waals surface area contributed by atoms with Crippen LogP contribution >= 0.6 is 0 Å². The number of ether oxygens (including phenoxy) is 2. The van der Waals surface area contributed by atoms with Crippen molar-refractivity contribution in [3.8, 4) is 0 Å². The van der Waals surface area contributed by atoms with Gasteiger partial charge in [-0.25, -0.2) is 9.59 Å². The van der Waals surface area contributed by atoms with Crippen molar-refractivity contribution in [3.05, 3.63) is 59.5 Å². The van der Waals surface area contributed by atoms with Gasteiger partial charge in [0.05, 0.1) is 6.04 Å². The standard InChI is InChI=1S/C22H27NO5/c1-15-10-13-19(27-15)17-11-12-18(23(17)21(25)28-22(2,3)4)20(24)26-14-16-8-6-5-7-9-16/h5-10,13,17-18H,11-12,14H2,1-4H3. The number of hydrogen-bond acceptors (Lipinski definition) is 5. The van der Waals surface area contributed by atoms with E-state index >= 15 is 0 Å². The van der Waals surface area contributed by atoms with E-state index in [2.05, 4.69) is 0 Å². The second-order valence-corrected chi connectivity index (χ2v) is 8.04. The fourth-order valence-corrected chi connectivity index (χ4v) is 3.35. The van der Waals surface area contributed by atoms with Gasteiger partial charge >= 0.3 is 12.1 Å². The first-order chi connectivity index (χ1) is 13.2. The molecule has 28 heavy (non-hydrogen) atoms. The van der Waals surface area contributed by atoms with E-state index in [0.29, 0.717) is 18.6 Å². The van der Waals surface area contributed by atoms with Crippen LogP contribution < -0.4 is 0 Å². The number of likely N-dealkylation sites (tertiary alicyclic amines) is 1. The summed E-state index contributed by atoms with van der Waals surface area (Å²) in [6.45, 7) is 7.42. The molecule has 2 aromatic rings. The summed E-state index contributed by atoms with van der Waals surface area (Å²) in [6.07, 6.45) is 0.569. The van der Waals surface area contributed by atoms with Crippen molar-refractivity contribution in [2.75, 3.05) is 0 Å². The molecule has 0 saturated carbocycles. The first kappa shape index (κ1) is 20.0. The third kappa shape index (κ3) is 4.74. The number of nitrogens with zero attached hydrogens (tertiary/aromatic N) is 1. The normalized spacial score (nSPS) is 19.5. The van der Waals surface area contributed by atoms with Crippen LogP contribution in [0.15, 0.2) is 46.9 Å². The van der Waals surface area contributed by atoms with Gasteiger partial charge in [0.15, 0.2) is 0 Å². The molecule has 1 aliphatic heterocycles. The maximum absolute atomic E-state index is 12.9. The van der Waals surface area contributed by atoms with Crippen molar-refractivity contribution in [3.63, 3.8) is 0 Å². The van der Waals surface area contributed by atoms with E-state index in [0.717, 1.165) is 11.3 Å². The van der Waals surface area contributed by atoms with Crippen LogP contribution in [0.1, 0.15) is 56.7 Å². The minimum atomic E-state index is -0.700. The lowest BCUT2D eigenvalue weighted by Gasteiger charge is -2.31. The van der Waals surface area contributed by atoms with Gasteiger partial charge in [-0.15, -0.1) is 0 Å². The Labute approximate surface area is 165 Å². The van der Waals surface area contributed by atoms with E-state index in [9.17, 15) is 9.59 Å². The zero-order valence-electron chi connectivity index (χ0n) is 16.8. The van der Waals surface area contributed by atoms with Crippen LogP contribution in [0.2, 0.25) is 0 Å². The fraction of sp³-hybridized carbons (Fsp3) is 0.455. The molecule has 0 spiro atoms. The Hall–Kier alpha value is -2.76. The highest BCUT2D eigenvalue weighted by molar-refractivity contribution is 5.82. The molecule has 2 atom stereocenters. The predicted octanol–water partition coefficient (Wildman–Crippen LogP) is 4.77. The van der Waals surface area contributed by atoms with E-state index in [4.69, 9.17) is 13.9 Å². The van der Waals surface area contributed by atoms with Crippen molar-refractivity contribution in [2.24, 2.45) is 0 Å². The second-order valence-electron chi connectivity index (χ2n) is 8.04. The number of carbonyl (C=O) groups excluding carboxylic acids is 2. The first-order valence-electron chi connectivity index (χ1n) is 9.53. The minimum Gasteiger partial charge on any atom is -0.464 e. The van der Waals surface area contributed by atoms with E-state index in [1.165, 1.54) is 4.90 Å². The second kappa shape index (κ2) is 8.09. The third-order valence-electron chi connectivity index (χ3n) is 4.57. The highest BCUT2D eigenvalue weighted by Gasteiger charge is 2.45. The lowest BCUT2D eigenvalue weighted by atomic mass is 10.1. The summed E-state index contributed by atoms with van der Waals surface area (Å²) in [5, 5.41) is 0. The zero-order valence-corrected chi connectivity index (χ0v) is 16.8. The summed E-state index contributed by atoms with van der Waals surface area (Å²) in [6, 6.07) is 12.1. The third-order valence-corrected chi connectivity index (χ3v) is 4.57. The molecule has 150 valence electrons. The summed E-state index contributed by atoms with van der Waals surface area (Å²) < 4.78 is 16.8. The molecule has 6 nitrogen and oxygen atoms in total. The molecule has 0 N–H and O–H groups in total. The highest BCUT2D eigenvalue weighted by Crippen LogP contribution is 2.38. The number of aryl methyl sites for hydroxylation is 1. The molecule has 3 rings (SSSR count). The Morgan fingerprint density at radius 1 is 1.11 bits per heavy atom. The Bertz CT molecular complexity index is 821. The molecule has 1 amide bonds. The van der Waals surface area contributed by atoms with Gasteiger partial charge in [-0.1, -0.05) is 30.3 Å². The van der Waals surface area contributed by atoms with Crippen LogP contribution in [0.25, 0.3) is 0 Å². The minimum absolute atomic E-state index is 0.170. The van der Waals surface area contributed by atoms with E-state index in [-0.39, 0.29) is 12.6 Å². The molecule has 1 aliphatic rings. The average Bonchev–Trinajstić information content (AvgIpc) is 3.25. The van der Waals surface area contributed by atoms with Crippen LogP contribution in [-0.4, -0.2) is 28.6 Å². The van der Waals surface area contributed by atoms with Gasteiger partial charge in [-0.05, 0) is 58.2 Å². The Balaban J connectivity index is 1.77. The van der Waals surface area contributed by atoms with Crippen LogP contribution in [0.5, 0.6) is 0 Å². The number of rotatable bonds is 4. The molecule has 0 aliphatic carbocycles. The van der Waals surface area contributed by atoms with E-state index in [1.54, 1.807) is 20.8 Å².